The number of ether oxygens (including phenoxy) is 1. The molecule has 1 atom stereocenters. The van der Waals surface area contributed by atoms with E-state index in [2.05, 4.69) is 10.6 Å². The smallest absolute Gasteiger partial charge is 0.167 e. The monoisotopic (exact) mass is 318 g/mol. The molecule has 2 rings (SSSR count). The van der Waals surface area contributed by atoms with Gasteiger partial charge in [0.15, 0.2) is 5.11 Å². The summed E-state index contributed by atoms with van der Waals surface area (Å²) in [7, 11) is 1.64. The summed E-state index contributed by atoms with van der Waals surface area (Å²) in [6.45, 7) is 2.58. The lowest BCUT2D eigenvalue weighted by molar-refractivity contribution is 0.413. The number of hydrogen-bond acceptors (Lipinski definition) is 2. The van der Waals surface area contributed by atoms with E-state index in [0.717, 1.165) is 16.9 Å². The number of nitrogens with one attached hydrogen (secondary N) is 2. The summed E-state index contributed by atoms with van der Waals surface area (Å²) in [5.74, 6) is 0.576. The van der Waals surface area contributed by atoms with Crippen LogP contribution in [0.25, 0.3) is 0 Å². The zero-order valence-corrected chi connectivity index (χ0v) is 13.4. The molecule has 2 aromatic carbocycles. The van der Waals surface area contributed by atoms with Gasteiger partial charge in [0.25, 0.3) is 0 Å². The van der Waals surface area contributed by atoms with Gasteiger partial charge in [0.1, 0.15) is 11.6 Å². The highest BCUT2D eigenvalue weighted by Gasteiger charge is 2.07. The third kappa shape index (κ3) is 4.70. The van der Waals surface area contributed by atoms with Crippen molar-refractivity contribution in [1.29, 1.82) is 0 Å². The van der Waals surface area contributed by atoms with Crippen LogP contribution >= 0.6 is 12.2 Å². The summed E-state index contributed by atoms with van der Waals surface area (Å²) in [6.07, 6.45) is 0. The third-order valence-electron chi connectivity index (χ3n) is 3.31. The van der Waals surface area contributed by atoms with Gasteiger partial charge in [-0.15, -0.1) is 0 Å². The van der Waals surface area contributed by atoms with Gasteiger partial charge < -0.3 is 15.4 Å². The fourth-order valence-electron chi connectivity index (χ4n) is 2.03. The summed E-state index contributed by atoms with van der Waals surface area (Å²) in [5, 5.41) is 6.89. The molecule has 0 spiro atoms. The van der Waals surface area contributed by atoms with E-state index in [0.29, 0.717) is 11.7 Å². The summed E-state index contributed by atoms with van der Waals surface area (Å²) < 4.78 is 18.1. The molecule has 0 saturated heterocycles. The van der Waals surface area contributed by atoms with Crippen LogP contribution in [-0.4, -0.2) is 12.2 Å². The molecule has 0 fully saturated rings. The maximum Gasteiger partial charge on any atom is 0.167 e. The van der Waals surface area contributed by atoms with Crippen molar-refractivity contribution in [3.8, 4) is 5.75 Å². The number of rotatable bonds is 5. The van der Waals surface area contributed by atoms with Gasteiger partial charge >= 0.3 is 0 Å². The molecule has 5 heteroatoms. The number of methoxy groups -OCH3 is 1. The van der Waals surface area contributed by atoms with Crippen molar-refractivity contribution in [2.75, 3.05) is 7.11 Å². The zero-order valence-electron chi connectivity index (χ0n) is 12.6. The van der Waals surface area contributed by atoms with Crippen molar-refractivity contribution in [2.45, 2.75) is 19.5 Å². The number of halogens is 1. The molecule has 0 aliphatic carbocycles. The quantitative estimate of drug-likeness (QED) is 0.826. The van der Waals surface area contributed by atoms with Crippen LogP contribution in [-0.2, 0) is 6.54 Å². The highest BCUT2D eigenvalue weighted by Crippen LogP contribution is 2.18. The topological polar surface area (TPSA) is 33.3 Å². The molecule has 0 saturated carbocycles. The van der Waals surface area contributed by atoms with E-state index < -0.39 is 0 Å². The highest BCUT2D eigenvalue weighted by atomic mass is 32.1. The van der Waals surface area contributed by atoms with E-state index in [1.54, 1.807) is 19.2 Å². The van der Waals surface area contributed by atoms with Crippen LogP contribution in [0.2, 0.25) is 0 Å². The Kier molecular flexibility index (Phi) is 5.72. The Morgan fingerprint density at radius 3 is 2.64 bits per heavy atom. The van der Waals surface area contributed by atoms with E-state index in [-0.39, 0.29) is 11.9 Å². The molecule has 2 N–H and O–H groups in total. The molecule has 0 radical (unpaired) electrons. The average Bonchev–Trinajstić information content (AvgIpc) is 2.54. The Balaban J connectivity index is 1.86. The lowest BCUT2D eigenvalue weighted by Gasteiger charge is -2.18. The SMILES string of the molecule is COc1cccc([C@H](C)NC(=S)NCc2ccc(F)cc2)c1. The second-order valence-corrected chi connectivity index (χ2v) is 5.36. The molecular formula is C17H19FN2OS. The van der Waals surface area contributed by atoms with Crippen LogP contribution < -0.4 is 15.4 Å². The van der Waals surface area contributed by atoms with Gasteiger partial charge in [-0.2, -0.15) is 0 Å². The van der Waals surface area contributed by atoms with Gasteiger partial charge in [0, 0.05) is 6.54 Å². The van der Waals surface area contributed by atoms with Crippen molar-refractivity contribution in [3.63, 3.8) is 0 Å². The number of hydrogen-bond donors (Lipinski definition) is 2. The molecule has 0 aliphatic heterocycles. The molecule has 2 aromatic rings. The maximum absolute atomic E-state index is 12.8. The minimum atomic E-state index is -0.240. The Bertz CT molecular complexity index is 631. The van der Waals surface area contributed by atoms with E-state index in [9.17, 15) is 4.39 Å². The lowest BCUT2D eigenvalue weighted by atomic mass is 10.1. The number of thiocarbonyl (C=S) groups is 1. The van der Waals surface area contributed by atoms with Crippen molar-refractivity contribution >= 4 is 17.3 Å². The maximum atomic E-state index is 12.8. The van der Waals surface area contributed by atoms with Gasteiger partial charge in [0.2, 0.25) is 0 Å². The molecule has 0 amide bonds. The van der Waals surface area contributed by atoms with Crippen LogP contribution in [0.15, 0.2) is 48.5 Å². The number of benzene rings is 2. The first-order valence-electron chi connectivity index (χ1n) is 7.01. The Morgan fingerprint density at radius 1 is 1.23 bits per heavy atom. The summed E-state index contributed by atoms with van der Waals surface area (Å²) in [5.41, 5.74) is 2.06. The van der Waals surface area contributed by atoms with Crippen LogP contribution in [0, 0.1) is 5.82 Å². The summed E-state index contributed by atoms with van der Waals surface area (Å²) in [4.78, 5) is 0. The summed E-state index contributed by atoms with van der Waals surface area (Å²) >= 11 is 5.29. The minimum absolute atomic E-state index is 0.0586. The van der Waals surface area contributed by atoms with Crippen LogP contribution in [0.3, 0.4) is 0 Å². The van der Waals surface area contributed by atoms with Crippen molar-refractivity contribution in [1.82, 2.24) is 10.6 Å². The zero-order chi connectivity index (χ0) is 15.9. The molecule has 0 heterocycles. The predicted octanol–water partition coefficient (Wildman–Crippen LogP) is 3.56. The van der Waals surface area contributed by atoms with Crippen molar-refractivity contribution < 1.29 is 9.13 Å². The Labute approximate surface area is 135 Å². The van der Waals surface area contributed by atoms with Gasteiger partial charge in [-0.3, -0.25) is 0 Å². The average molecular weight is 318 g/mol. The van der Waals surface area contributed by atoms with Crippen LogP contribution in [0.1, 0.15) is 24.1 Å². The summed E-state index contributed by atoms with van der Waals surface area (Å²) in [6, 6.07) is 14.2. The van der Waals surface area contributed by atoms with E-state index in [4.69, 9.17) is 17.0 Å². The van der Waals surface area contributed by atoms with E-state index >= 15 is 0 Å². The second kappa shape index (κ2) is 7.75. The lowest BCUT2D eigenvalue weighted by Crippen LogP contribution is -2.36. The predicted molar refractivity (Wildman–Crippen MR) is 90.4 cm³/mol. The van der Waals surface area contributed by atoms with Crippen molar-refractivity contribution in [2.24, 2.45) is 0 Å². The first-order valence-corrected chi connectivity index (χ1v) is 7.42. The molecule has 3 nitrogen and oxygen atoms in total. The third-order valence-corrected chi connectivity index (χ3v) is 3.57. The second-order valence-electron chi connectivity index (χ2n) is 4.95. The molecule has 0 bridgehead atoms. The highest BCUT2D eigenvalue weighted by molar-refractivity contribution is 7.80. The first kappa shape index (κ1) is 16.2. The minimum Gasteiger partial charge on any atom is -0.497 e. The Morgan fingerprint density at radius 2 is 1.95 bits per heavy atom. The molecule has 0 aromatic heterocycles. The fourth-order valence-corrected chi connectivity index (χ4v) is 2.28. The largest absolute Gasteiger partial charge is 0.497 e. The Hall–Kier alpha value is -2.14. The molecular weight excluding hydrogens is 299 g/mol. The standard InChI is InChI=1S/C17H19FN2OS/c1-12(14-4-3-5-16(10-14)21-2)20-17(22)19-11-13-6-8-15(18)9-7-13/h3-10,12H,11H2,1-2H3,(H2,19,20,22)/t12-/m0/s1. The molecule has 0 unspecified atom stereocenters. The van der Waals surface area contributed by atoms with Gasteiger partial charge in [-0.05, 0) is 54.5 Å². The van der Waals surface area contributed by atoms with E-state index in [1.165, 1.54) is 12.1 Å². The molecule has 0 aliphatic rings. The van der Waals surface area contributed by atoms with Crippen LogP contribution in [0.5, 0.6) is 5.75 Å². The van der Waals surface area contributed by atoms with Crippen LogP contribution in [0.4, 0.5) is 4.39 Å². The van der Waals surface area contributed by atoms with Crippen molar-refractivity contribution in [3.05, 3.63) is 65.5 Å². The van der Waals surface area contributed by atoms with Gasteiger partial charge in [-0.25, -0.2) is 4.39 Å². The van der Waals surface area contributed by atoms with Gasteiger partial charge in [-0.1, -0.05) is 24.3 Å². The molecule has 22 heavy (non-hydrogen) atoms. The first-order chi connectivity index (χ1) is 10.6. The molecule has 116 valence electrons. The normalized spacial score (nSPS) is 11.6. The van der Waals surface area contributed by atoms with Gasteiger partial charge in [0.05, 0.1) is 13.2 Å². The fraction of sp³-hybridized carbons (Fsp3) is 0.235. The van der Waals surface area contributed by atoms with E-state index in [1.807, 2.05) is 31.2 Å².